The number of aryl methyl sites for hydroxylation is 1. The summed E-state index contributed by atoms with van der Waals surface area (Å²) in [5.74, 6) is 1.23. The molecule has 0 unspecified atom stereocenters. The number of fused-ring (bicyclic) bond motifs is 2. The molecule has 6 nitrogen and oxygen atoms in total. The zero-order chi connectivity index (χ0) is 19.7. The van der Waals surface area contributed by atoms with Crippen molar-refractivity contribution in [3.05, 3.63) is 46.8 Å². The molecule has 7 heteroatoms. The fourth-order valence-corrected chi connectivity index (χ4v) is 4.35. The molecule has 2 heterocycles. The van der Waals surface area contributed by atoms with Crippen LogP contribution in [-0.2, 0) is 7.05 Å². The smallest absolute Gasteiger partial charge is 0.279 e. The Morgan fingerprint density at radius 3 is 2.39 bits per heavy atom. The van der Waals surface area contributed by atoms with E-state index in [-0.39, 0.29) is 5.91 Å². The summed E-state index contributed by atoms with van der Waals surface area (Å²) in [5.41, 5.74) is 2.66. The quantitative estimate of drug-likeness (QED) is 0.675. The summed E-state index contributed by atoms with van der Waals surface area (Å²) in [7, 11) is 1.91. The van der Waals surface area contributed by atoms with E-state index in [2.05, 4.69) is 23.7 Å². The first-order chi connectivity index (χ1) is 13.6. The third-order valence-electron chi connectivity index (χ3n) is 4.91. The van der Waals surface area contributed by atoms with Gasteiger partial charge in [0.2, 0.25) is 0 Å². The molecule has 1 aliphatic heterocycles. The van der Waals surface area contributed by atoms with Gasteiger partial charge in [-0.3, -0.25) is 4.79 Å². The zero-order valence-corrected chi connectivity index (χ0v) is 17.1. The minimum atomic E-state index is -0.245. The van der Waals surface area contributed by atoms with Crippen LogP contribution >= 0.6 is 11.3 Å². The average Bonchev–Trinajstić information content (AvgIpc) is 3.02. The van der Waals surface area contributed by atoms with Crippen molar-refractivity contribution >= 4 is 33.1 Å². The van der Waals surface area contributed by atoms with Gasteiger partial charge in [-0.1, -0.05) is 11.3 Å². The van der Waals surface area contributed by atoms with Gasteiger partial charge in [0.05, 0.1) is 10.2 Å². The van der Waals surface area contributed by atoms with E-state index in [0.29, 0.717) is 23.6 Å². The molecule has 0 fully saturated rings. The normalized spacial score (nSPS) is 13.8. The van der Waals surface area contributed by atoms with Gasteiger partial charge in [-0.05, 0) is 38.1 Å². The van der Waals surface area contributed by atoms with Gasteiger partial charge in [0.25, 0.3) is 5.91 Å². The molecule has 0 aliphatic carbocycles. The molecule has 0 radical (unpaired) electrons. The minimum absolute atomic E-state index is 0.245. The summed E-state index contributed by atoms with van der Waals surface area (Å²) in [6.45, 7) is 7.20. The Morgan fingerprint density at radius 2 is 1.75 bits per heavy atom. The van der Waals surface area contributed by atoms with Crippen molar-refractivity contribution in [1.29, 1.82) is 0 Å². The second-order valence-electron chi connectivity index (χ2n) is 6.54. The van der Waals surface area contributed by atoms with Crippen LogP contribution in [0.3, 0.4) is 0 Å². The average molecular weight is 398 g/mol. The molecule has 1 amide bonds. The minimum Gasteiger partial charge on any atom is -0.486 e. The molecule has 2 aromatic carbocycles. The monoisotopic (exact) mass is 397 g/mol. The van der Waals surface area contributed by atoms with E-state index in [1.807, 2.05) is 48.0 Å². The number of aromatic nitrogens is 1. The lowest BCUT2D eigenvalue weighted by Crippen LogP contribution is -2.21. The predicted octanol–water partition coefficient (Wildman–Crippen LogP) is 3.60. The van der Waals surface area contributed by atoms with Gasteiger partial charge in [-0.15, -0.1) is 0 Å². The molecule has 28 heavy (non-hydrogen) atoms. The Labute approximate surface area is 167 Å². The van der Waals surface area contributed by atoms with Crippen LogP contribution in [0.4, 0.5) is 5.69 Å². The second kappa shape index (κ2) is 7.67. The lowest BCUT2D eigenvalue weighted by atomic mass is 10.2. The first-order valence-corrected chi connectivity index (χ1v) is 10.3. The number of hydrogen-bond donors (Lipinski definition) is 0. The van der Waals surface area contributed by atoms with Crippen molar-refractivity contribution in [1.82, 2.24) is 4.57 Å². The summed E-state index contributed by atoms with van der Waals surface area (Å²) in [5, 5.41) is 0. The molecule has 0 atom stereocenters. The summed E-state index contributed by atoms with van der Waals surface area (Å²) in [6.07, 6.45) is 0. The molecule has 0 saturated carbocycles. The number of benzene rings is 2. The molecule has 4 rings (SSSR count). The fourth-order valence-electron chi connectivity index (χ4n) is 3.33. The summed E-state index contributed by atoms with van der Waals surface area (Å²) >= 11 is 1.47. The molecular weight excluding hydrogens is 374 g/mol. The Kier molecular flexibility index (Phi) is 5.09. The van der Waals surface area contributed by atoms with E-state index in [9.17, 15) is 4.79 Å². The lowest BCUT2D eigenvalue weighted by Gasteiger charge is -2.20. The maximum absolute atomic E-state index is 12.7. The Bertz CT molecular complexity index is 1080. The van der Waals surface area contributed by atoms with Gasteiger partial charge in [0, 0.05) is 43.5 Å². The zero-order valence-electron chi connectivity index (χ0n) is 16.3. The van der Waals surface area contributed by atoms with E-state index in [0.717, 1.165) is 40.5 Å². The van der Waals surface area contributed by atoms with E-state index in [4.69, 9.17) is 9.47 Å². The number of thiazole rings is 1. The number of rotatable bonds is 4. The first-order valence-electron chi connectivity index (χ1n) is 9.44. The highest BCUT2D eigenvalue weighted by Crippen LogP contribution is 2.35. The largest absolute Gasteiger partial charge is 0.486 e. The van der Waals surface area contributed by atoms with Crippen LogP contribution in [0.2, 0.25) is 0 Å². The third-order valence-corrected chi connectivity index (χ3v) is 6.01. The van der Waals surface area contributed by atoms with E-state index in [1.165, 1.54) is 11.3 Å². The molecule has 0 bridgehead atoms. The van der Waals surface area contributed by atoms with Crippen molar-refractivity contribution < 1.29 is 14.3 Å². The fraction of sp³-hybridized carbons (Fsp3) is 0.333. The highest BCUT2D eigenvalue weighted by Gasteiger charge is 2.16. The summed E-state index contributed by atoms with van der Waals surface area (Å²) in [4.78, 5) is 19.9. The third kappa shape index (κ3) is 3.38. The molecular formula is C21H23N3O3S. The topological polar surface area (TPSA) is 56.1 Å². The van der Waals surface area contributed by atoms with Crippen molar-refractivity contribution in [2.75, 3.05) is 31.2 Å². The Morgan fingerprint density at radius 1 is 1.11 bits per heavy atom. The summed E-state index contributed by atoms with van der Waals surface area (Å²) in [6, 6.07) is 11.5. The van der Waals surface area contributed by atoms with Crippen LogP contribution in [-0.4, -0.2) is 36.8 Å². The van der Waals surface area contributed by atoms with Crippen LogP contribution in [0.15, 0.2) is 41.4 Å². The van der Waals surface area contributed by atoms with E-state index >= 15 is 0 Å². The predicted molar refractivity (Wildman–Crippen MR) is 112 cm³/mol. The highest BCUT2D eigenvalue weighted by atomic mass is 32.1. The number of anilines is 1. The number of hydrogen-bond acceptors (Lipinski definition) is 5. The standard InChI is InChI=1S/C21H23N3O3S/c1-4-24(5-2)15-8-6-14(7-9-15)20(25)22-21-23(3)16-12-17-18(13-19(16)28-21)27-11-10-26-17/h6-9,12-13H,4-5,10-11H2,1-3H3. The highest BCUT2D eigenvalue weighted by molar-refractivity contribution is 7.16. The SMILES string of the molecule is CCN(CC)c1ccc(C(=O)N=c2sc3cc4c(cc3n2C)OCCO4)cc1. The Balaban J connectivity index is 1.67. The van der Waals surface area contributed by atoms with Gasteiger partial charge >= 0.3 is 0 Å². The maximum Gasteiger partial charge on any atom is 0.279 e. The molecule has 3 aromatic rings. The number of carbonyl (C=O) groups is 1. The van der Waals surface area contributed by atoms with Crippen LogP contribution < -0.4 is 19.2 Å². The first kappa shape index (κ1) is 18.6. The van der Waals surface area contributed by atoms with Crippen molar-refractivity contribution in [3.8, 4) is 11.5 Å². The van der Waals surface area contributed by atoms with Crippen LogP contribution in [0, 0.1) is 0 Å². The van der Waals surface area contributed by atoms with Crippen LogP contribution in [0.25, 0.3) is 10.2 Å². The van der Waals surface area contributed by atoms with E-state index in [1.54, 1.807) is 0 Å². The van der Waals surface area contributed by atoms with Crippen molar-refractivity contribution in [3.63, 3.8) is 0 Å². The second-order valence-corrected chi connectivity index (χ2v) is 7.55. The van der Waals surface area contributed by atoms with Gasteiger partial charge in [0.1, 0.15) is 13.2 Å². The molecule has 0 N–H and O–H groups in total. The molecule has 1 aliphatic rings. The number of carbonyl (C=O) groups excluding carboxylic acids is 1. The van der Waals surface area contributed by atoms with Gasteiger partial charge in [-0.25, -0.2) is 0 Å². The number of amides is 1. The number of ether oxygens (including phenoxy) is 2. The molecule has 146 valence electrons. The maximum atomic E-state index is 12.7. The molecule has 1 aromatic heterocycles. The van der Waals surface area contributed by atoms with Crippen LogP contribution in [0.5, 0.6) is 11.5 Å². The van der Waals surface area contributed by atoms with Crippen molar-refractivity contribution in [2.24, 2.45) is 12.0 Å². The van der Waals surface area contributed by atoms with E-state index < -0.39 is 0 Å². The van der Waals surface area contributed by atoms with Gasteiger partial charge in [-0.2, -0.15) is 4.99 Å². The van der Waals surface area contributed by atoms with Gasteiger partial charge < -0.3 is 18.9 Å². The molecule has 0 saturated heterocycles. The van der Waals surface area contributed by atoms with Crippen molar-refractivity contribution in [2.45, 2.75) is 13.8 Å². The van der Waals surface area contributed by atoms with Crippen LogP contribution in [0.1, 0.15) is 24.2 Å². The number of nitrogens with zero attached hydrogens (tertiary/aromatic N) is 3. The molecule has 0 spiro atoms. The van der Waals surface area contributed by atoms with Gasteiger partial charge in [0.15, 0.2) is 16.3 Å². The lowest BCUT2D eigenvalue weighted by molar-refractivity contribution is 0.0998. The Hall–Kier alpha value is -2.80. The summed E-state index contributed by atoms with van der Waals surface area (Å²) < 4.78 is 14.2.